The summed E-state index contributed by atoms with van der Waals surface area (Å²) in [5.74, 6) is 0.934. The largest absolute Gasteiger partial charge is 0.300 e. The van der Waals surface area contributed by atoms with Crippen LogP contribution in [0.15, 0.2) is 0 Å². The normalized spacial score (nSPS) is 32.1. The molecule has 2 rings (SSSR count). The van der Waals surface area contributed by atoms with Crippen molar-refractivity contribution in [3.63, 3.8) is 0 Å². The van der Waals surface area contributed by atoms with E-state index in [1.807, 2.05) is 0 Å². The summed E-state index contributed by atoms with van der Waals surface area (Å²) in [4.78, 5) is 2.65. The van der Waals surface area contributed by atoms with Crippen LogP contribution in [0, 0.1) is 17.2 Å². The van der Waals surface area contributed by atoms with Crippen LogP contribution < -0.4 is 5.32 Å². The van der Waals surface area contributed by atoms with Gasteiger partial charge in [-0.1, -0.05) is 6.92 Å². The summed E-state index contributed by atoms with van der Waals surface area (Å²) in [7, 11) is 0. The van der Waals surface area contributed by atoms with Crippen LogP contribution in [0.3, 0.4) is 0 Å². The third-order valence-corrected chi connectivity index (χ3v) is 4.52. The smallest absolute Gasteiger partial charge is 0.108 e. The highest BCUT2D eigenvalue weighted by molar-refractivity contribution is 5.13. The minimum absolute atomic E-state index is 0.254. The standard InChI is InChI=1S/C15H27N3/c1-4-17-15(11-16)8-7-14(9-15)18(12(2)3)10-13-5-6-13/h12-14,17H,4-10H2,1-3H3. The van der Waals surface area contributed by atoms with Crippen LogP contribution in [0.2, 0.25) is 0 Å². The minimum atomic E-state index is -0.254. The molecular formula is C15H27N3. The summed E-state index contributed by atoms with van der Waals surface area (Å²) < 4.78 is 0. The number of nitrogens with one attached hydrogen (secondary N) is 1. The predicted octanol–water partition coefficient (Wildman–Crippen LogP) is 2.53. The van der Waals surface area contributed by atoms with E-state index in [4.69, 9.17) is 0 Å². The van der Waals surface area contributed by atoms with Crippen molar-refractivity contribution in [3.05, 3.63) is 0 Å². The lowest BCUT2D eigenvalue weighted by atomic mass is 9.99. The van der Waals surface area contributed by atoms with Crippen molar-refractivity contribution in [2.45, 2.75) is 70.5 Å². The van der Waals surface area contributed by atoms with Crippen molar-refractivity contribution in [1.82, 2.24) is 10.2 Å². The second-order valence-electron chi connectivity index (χ2n) is 6.35. The summed E-state index contributed by atoms with van der Waals surface area (Å²) in [6.07, 6.45) is 6.00. The lowest BCUT2D eigenvalue weighted by Gasteiger charge is -2.33. The summed E-state index contributed by atoms with van der Waals surface area (Å²) in [6.45, 7) is 8.82. The molecule has 0 radical (unpaired) electrons. The Morgan fingerprint density at radius 2 is 2.11 bits per heavy atom. The third kappa shape index (κ3) is 3.05. The SMILES string of the molecule is CCNC1(C#N)CCC(N(CC2CC2)C(C)C)C1. The summed E-state index contributed by atoms with van der Waals surface area (Å²) >= 11 is 0. The van der Waals surface area contributed by atoms with Crippen LogP contribution in [-0.2, 0) is 0 Å². The molecule has 0 saturated heterocycles. The van der Waals surface area contributed by atoms with Crippen molar-refractivity contribution in [2.75, 3.05) is 13.1 Å². The molecule has 0 aromatic rings. The molecule has 0 spiro atoms. The van der Waals surface area contributed by atoms with Gasteiger partial charge >= 0.3 is 0 Å². The molecular weight excluding hydrogens is 222 g/mol. The van der Waals surface area contributed by atoms with Crippen LogP contribution in [-0.4, -0.2) is 35.6 Å². The average molecular weight is 249 g/mol. The molecule has 0 bridgehead atoms. The van der Waals surface area contributed by atoms with E-state index in [2.05, 4.69) is 37.1 Å². The Morgan fingerprint density at radius 1 is 1.39 bits per heavy atom. The van der Waals surface area contributed by atoms with Gasteiger partial charge in [-0.05, 0) is 58.4 Å². The lowest BCUT2D eigenvalue weighted by molar-refractivity contribution is 0.143. The van der Waals surface area contributed by atoms with E-state index >= 15 is 0 Å². The molecule has 2 unspecified atom stereocenters. The van der Waals surface area contributed by atoms with E-state index in [0.717, 1.165) is 25.3 Å². The topological polar surface area (TPSA) is 39.1 Å². The van der Waals surface area contributed by atoms with Crippen LogP contribution in [0.5, 0.6) is 0 Å². The molecule has 2 aliphatic rings. The van der Waals surface area contributed by atoms with Gasteiger partial charge in [0.25, 0.3) is 0 Å². The second-order valence-corrected chi connectivity index (χ2v) is 6.35. The van der Waals surface area contributed by atoms with Gasteiger partial charge in [-0.2, -0.15) is 5.26 Å². The highest BCUT2D eigenvalue weighted by atomic mass is 15.2. The Kier molecular flexibility index (Phi) is 4.29. The molecule has 1 N–H and O–H groups in total. The minimum Gasteiger partial charge on any atom is -0.300 e. The van der Waals surface area contributed by atoms with Gasteiger partial charge < -0.3 is 0 Å². The average Bonchev–Trinajstić information content (AvgIpc) is 3.07. The van der Waals surface area contributed by atoms with Gasteiger partial charge in [0.05, 0.1) is 6.07 Å². The highest BCUT2D eigenvalue weighted by Gasteiger charge is 2.42. The fourth-order valence-electron chi connectivity index (χ4n) is 3.32. The van der Waals surface area contributed by atoms with Gasteiger partial charge in [-0.3, -0.25) is 10.2 Å². The second kappa shape index (κ2) is 5.59. The molecule has 0 aromatic heterocycles. The van der Waals surface area contributed by atoms with Crippen molar-refractivity contribution >= 4 is 0 Å². The van der Waals surface area contributed by atoms with Crippen LogP contribution in [0.4, 0.5) is 0 Å². The van der Waals surface area contributed by atoms with Gasteiger partial charge in [0.2, 0.25) is 0 Å². The monoisotopic (exact) mass is 249 g/mol. The number of hydrogen-bond donors (Lipinski definition) is 1. The molecule has 102 valence electrons. The molecule has 2 saturated carbocycles. The Labute approximate surface area is 112 Å². The van der Waals surface area contributed by atoms with Crippen molar-refractivity contribution in [3.8, 4) is 6.07 Å². The third-order valence-electron chi connectivity index (χ3n) is 4.52. The van der Waals surface area contributed by atoms with Crippen LogP contribution in [0.1, 0.15) is 52.9 Å². The summed E-state index contributed by atoms with van der Waals surface area (Å²) in [5, 5.41) is 12.9. The first-order chi connectivity index (χ1) is 8.60. The maximum Gasteiger partial charge on any atom is 0.108 e. The lowest BCUT2D eigenvalue weighted by Crippen LogP contribution is -2.45. The first kappa shape index (κ1) is 13.8. The molecule has 0 amide bonds. The van der Waals surface area contributed by atoms with Gasteiger partial charge in [0, 0.05) is 18.6 Å². The molecule has 0 aliphatic heterocycles. The Morgan fingerprint density at radius 3 is 2.61 bits per heavy atom. The predicted molar refractivity (Wildman–Crippen MR) is 74.2 cm³/mol. The number of nitrogens with zero attached hydrogens (tertiary/aromatic N) is 2. The Hall–Kier alpha value is -0.590. The number of rotatable bonds is 6. The Bertz CT molecular complexity index is 316. The molecule has 18 heavy (non-hydrogen) atoms. The maximum absolute atomic E-state index is 9.45. The zero-order valence-corrected chi connectivity index (χ0v) is 12.1. The van der Waals surface area contributed by atoms with Crippen LogP contribution in [0.25, 0.3) is 0 Å². The molecule has 0 heterocycles. The summed E-state index contributed by atoms with van der Waals surface area (Å²) in [5.41, 5.74) is -0.254. The van der Waals surface area contributed by atoms with E-state index in [9.17, 15) is 5.26 Å². The highest BCUT2D eigenvalue weighted by Crippen LogP contribution is 2.37. The van der Waals surface area contributed by atoms with Gasteiger partial charge in [0.1, 0.15) is 5.54 Å². The Balaban J connectivity index is 1.98. The first-order valence-electron chi connectivity index (χ1n) is 7.52. The zero-order valence-electron chi connectivity index (χ0n) is 12.1. The van der Waals surface area contributed by atoms with Crippen LogP contribution >= 0.6 is 0 Å². The number of hydrogen-bond acceptors (Lipinski definition) is 3. The van der Waals surface area contributed by atoms with Gasteiger partial charge in [0.15, 0.2) is 0 Å². The zero-order chi connectivity index (χ0) is 13.2. The molecule has 3 nitrogen and oxygen atoms in total. The fraction of sp³-hybridized carbons (Fsp3) is 0.933. The van der Waals surface area contributed by atoms with Crippen molar-refractivity contribution < 1.29 is 0 Å². The van der Waals surface area contributed by atoms with E-state index < -0.39 is 0 Å². The van der Waals surface area contributed by atoms with E-state index in [0.29, 0.717) is 12.1 Å². The van der Waals surface area contributed by atoms with E-state index in [1.165, 1.54) is 25.8 Å². The quantitative estimate of drug-likeness (QED) is 0.786. The molecule has 2 fully saturated rings. The fourth-order valence-corrected chi connectivity index (χ4v) is 3.32. The summed E-state index contributed by atoms with van der Waals surface area (Å²) in [6, 6.07) is 3.74. The van der Waals surface area contributed by atoms with E-state index in [-0.39, 0.29) is 5.54 Å². The molecule has 0 aromatic carbocycles. The van der Waals surface area contributed by atoms with Gasteiger partial charge in [-0.25, -0.2) is 0 Å². The van der Waals surface area contributed by atoms with E-state index in [1.54, 1.807) is 0 Å². The number of nitriles is 1. The molecule has 2 aliphatic carbocycles. The van der Waals surface area contributed by atoms with Gasteiger partial charge in [-0.15, -0.1) is 0 Å². The molecule has 3 heteroatoms. The first-order valence-corrected chi connectivity index (χ1v) is 7.52. The molecule has 2 atom stereocenters. The van der Waals surface area contributed by atoms with Crippen molar-refractivity contribution in [1.29, 1.82) is 5.26 Å². The van der Waals surface area contributed by atoms with Crippen molar-refractivity contribution in [2.24, 2.45) is 5.92 Å². The maximum atomic E-state index is 9.45.